The lowest BCUT2D eigenvalue weighted by atomic mass is 9.90. The first-order chi connectivity index (χ1) is 9.78. The number of rotatable bonds is 3. The van der Waals surface area contributed by atoms with Gasteiger partial charge in [-0.2, -0.15) is 0 Å². The highest BCUT2D eigenvalue weighted by atomic mass is 32.1. The van der Waals surface area contributed by atoms with Crippen molar-refractivity contribution in [3.05, 3.63) is 16.1 Å². The molecule has 3 rings (SSSR count). The second-order valence-corrected chi connectivity index (χ2v) is 6.21. The Balaban J connectivity index is 1.67. The second-order valence-electron chi connectivity index (χ2n) is 5.35. The van der Waals surface area contributed by atoms with Crippen LogP contribution in [0.4, 0.5) is 0 Å². The summed E-state index contributed by atoms with van der Waals surface area (Å²) in [6.07, 6.45) is 5.29. The molecule has 2 heterocycles. The van der Waals surface area contributed by atoms with Crippen LogP contribution in [0.5, 0.6) is 0 Å². The molecule has 0 radical (unpaired) electrons. The van der Waals surface area contributed by atoms with E-state index in [1.165, 1.54) is 37.0 Å². The minimum absolute atomic E-state index is 0.321. The van der Waals surface area contributed by atoms with Crippen molar-refractivity contribution in [3.63, 3.8) is 0 Å². The lowest BCUT2D eigenvalue weighted by Crippen LogP contribution is -2.52. The van der Waals surface area contributed by atoms with Gasteiger partial charge in [-0.15, -0.1) is 11.3 Å². The first-order valence-corrected chi connectivity index (χ1v) is 7.97. The van der Waals surface area contributed by atoms with Gasteiger partial charge in [-0.25, -0.2) is 10.8 Å². The van der Waals surface area contributed by atoms with Crippen molar-refractivity contribution in [2.45, 2.75) is 44.4 Å². The van der Waals surface area contributed by atoms with E-state index < -0.39 is 0 Å². The molecular weight excluding hydrogens is 276 g/mol. The summed E-state index contributed by atoms with van der Waals surface area (Å²) >= 11 is 1.34. The Morgan fingerprint density at radius 1 is 1.55 bits per heavy atom. The fraction of sp³-hybridized carbons (Fsp3) is 0.692. The Bertz CT molecular complexity index is 477. The van der Waals surface area contributed by atoms with Crippen molar-refractivity contribution >= 4 is 17.2 Å². The molecule has 2 unspecified atom stereocenters. The van der Waals surface area contributed by atoms with Crippen LogP contribution >= 0.6 is 11.3 Å². The van der Waals surface area contributed by atoms with Crippen LogP contribution in [0.15, 0.2) is 5.38 Å². The highest BCUT2D eigenvalue weighted by molar-refractivity contribution is 7.11. The number of hydrazine groups is 1. The number of nitrogens with one attached hydrogen (secondary N) is 1. The Labute approximate surface area is 122 Å². The molecule has 0 spiro atoms. The van der Waals surface area contributed by atoms with Crippen LogP contribution in [-0.2, 0) is 11.3 Å². The van der Waals surface area contributed by atoms with Crippen LogP contribution in [0.25, 0.3) is 0 Å². The largest absolute Gasteiger partial charge is 0.375 e. The third-order valence-corrected chi connectivity index (χ3v) is 4.98. The summed E-state index contributed by atoms with van der Waals surface area (Å²) in [5, 5.41) is 2.37. The standard InChI is InChI=1S/C13H20N4O2S/c14-16-12(18)13-15-9(8-20-13)7-17-5-6-19-11-4-2-1-3-10(11)17/h8,10-11H,1-7,14H2,(H,16,18). The smallest absolute Gasteiger partial charge is 0.294 e. The average Bonchev–Trinajstić information content (AvgIpc) is 2.95. The zero-order valence-corrected chi connectivity index (χ0v) is 12.2. The molecule has 6 nitrogen and oxygen atoms in total. The molecule has 1 aliphatic carbocycles. The van der Waals surface area contributed by atoms with E-state index in [9.17, 15) is 4.79 Å². The minimum Gasteiger partial charge on any atom is -0.375 e. The fourth-order valence-corrected chi connectivity index (χ4v) is 3.84. The number of aromatic nitrogens is 1. The molecule has 1 aromatic rings. The molecule has 0 bridgehead atoms. The zero-order valence-electron chi connectivity index (χ0n) is 11.4. The van der Waals surface area contributed by atoms with Gasteiger partial charge in [0.1, 0.15) is 0 Å². The number of ether oxygens (including phenoxy) is 1. The highest BCUT2D eigenvalue weighted by Crippen LogP contribution is 2.29. The van der Waals surface area contributed by atoms with Crippen LogP contribution in [0.1, 0.15) is 41.2 Å². The van der Waals surface area contributed by atoms with Crippen LogP contribution in [0.3, 0.4) is 0 Å². The van der Waals surface area contributed by atoms with E-state index in [1.54, 1.807) is 0 Å². The molecule has 2 aliphatic rings. The molecule has 2 fully saturated rings. The molecule has 1 aromatic heterocycles. The number of morpholine rings is 1. The molecule has 0 aromatic carbocycles. The molecule has 1 saturated carbocycles. The first-order valence-electron chi connectivity index (χ1n) is 7.09. The van der Waals surface area contributed by atoms with E-state index in [2.05, 4.69) is 15.3 Å². The quantitative estimate of drug-likeness (QED) is 0.492. The van der Waals surface area contributed by atoms with Gasteiger partial charge in [0.15, 0.2) is 5.01 Å². The number of nitrogen functional groups attached to an aromatic ring is 1. The van der Waals surface area contributed by atoms with Gasteiger partial charge in [0.05, 0.1) is 18.4 Å². The van der Waals surface area contributed by atoms with E-state index in [-0.39, 0.29) is 5.91 Å². The minimum atomic E-state index is -0.321. The van der Waals surface area contributed by atoms with Crippen LogP contribution in [0, 0.1) is 0 Å². The van der Waals surface area contributed by atoms with E-state index in [0.717, 1.165) is 25.4 Å². The monoisotopic (exact) mass is 296 g/mol. The van der Waals surface area contributed by atoms with Crippen molar-refractivity contribution in [1.82, 2.24) is 15.3 Å². The number of hydrogen-bond donors (Lipinski definition) is 2. The number of thiazole rings is 1. The maximum absolute atomic E-state index is 11.4. The third kappa shape index (κ3) is 2.85. The maximum Gasteiger partial charge on any atom is 0.294 e. The van der Waals surface area contributed by atoms with Crippen molar-refractivity contribution in [2.24, 2.45) is 5.84 Å². The van der Waals surface area contributed by atoms with E-state index in [4.69, 9.17) is 10.6 Å². The Hall–Kier alpha value is -1.02. The van der Waals surface area contributed by atoms with Gasteiger partial charge >= 0.3 is 0 Å². The summed E-state index contributed by atoms with van der Waals surface area (Å²) in [6, 6.07) is 0.506. The summed E-state index contributed by atoms with van der Waals surface area (Å²) in [5.41, 5.74) is 3.06. The highest BCUT2D eigenvalue weighted by Gasteiger charge is 2.34. The number of carbonyl (C=O) groups excluding carboxylic acids is 1. The Morgan fingerprint density at radius 3 is 3.25 bits per heavy atom. The topological polar surface area (TPSA) is 80.5 Å². The SMILES string of the molecule is NNC(=O)c1nc(CN2CCOC3CCCCC32)cs1. The lowest BCUT2D eigenvalue weighted by Gasteiger charge is -2.43. The molecule has 2 atom stereocenters. The number of hydrogen-bond acceptors (Lipinski definition) is 6. The number of amides is 1. The van der Waals surface area contributed by atoms with Gasteiger partial charge in [0.2, 0.25) is 0 Å². The summed E-state index contributed by atoms with van der Waals surface area (Å²) < 4.78 is 5.87. The second kappa shape index (κ2) is 6.17. The van der Waals surface area contributed by atoms with E-state index >= 15 is 0 Å². The number of carbonyl (C=O) groups is 1. The summed E-state index contributed by atoms with van der Waals surface area (Å²) in [7, 11) is 0. The lowest BCUT2D eigenvalue weighted by molar-refractivity contribution is -0.0914. The predicted octanol–water partition coefficient (Wildman–Crippen LogP) is 0.890. The molecule has 7 heteroatoms. The van der Waals surface area contributed by atoms with Gasteiger partial charge < -0.3 is 4.74 Å². The van der Waals surface area contributed by atoms with Crippen LogP contribution < -0.4 is 11.3 Å². The Kier molecular flexibility index (Phi) is 4.30. The molecule has 110 valence electrons. The molecule has 1 amide bonds. The predicted molar refractivity (Wildman–Crippen MR) is 76.2 cm³/mol. The van der Waals surface area contributed by atoms with Gasteiger partial charge in [0.25, 0.3) is 5.91 Å². The average molecular weight is 296 g/mol. The molecule has 3 N–H and O–H groups in total. The Morgan fingerprint density at radius 2 is 2.40 bits per heavy atom. The van der Waals surface area contributed by atoms with E-state index in [0.29, 0.717) is 17.2 Å². The summed E-state index contributed by atoms with van der Waals surface area (Å²) in [5.74, 6) is 4.80. The van der Waals surface area contributed by atoms with Crippen LogP contribution in [-0.4, -0.2) is 41.1 Å². The van der Waals surface area contributed by atoms with Crippen molar-refractivity contribution < 1.29 is 9.53 Å². The summed E-state index contributed by atoms with van der Waals surface area (Å²) in [6.45, 7) is 2.53. The van der Waals surface area contributed by atoms with Crippen LogP contribution in [0.2, 0.25) is 0 Å². The number of fused-ring (bicyclic) bond motifs is 1. The van der Waals surface area contributed by atoms with Gasteiger partial charge in [-0.3, -0.25) is 15.1 Å². The third-order valence-electron chi connectivity index (χ3n) is 4.09. The normalized spacial score (nSPS) is 27.1. The van der Waals surface area contributed by atoms with Crippen molar-refractivity contribution in [2.75, 3.05) is 13.2 Å². The van der Waals surface area contributed by atoms with E-state index in [1.807, 2.05) is 5.38 Å². The molecular formula is C13H20N4O2S. The molecule has 20 heavy (non-hydrogen) atoms. The summed E-state index contributed by atoms with van der Waals surface area (Å²) in [4.78, 5) is 18.2. The van der Waals surface area contributed by atoms with Crippen molar-refractivity contribution in [3.8, 4) is 0 Å². The van der Waals surface area contributed by atoms with Gasteiger partial charge in [0, 0.05) is 24.5 Å². The molecule has 1 aliphatic heterocycles. The maximum atomic E-state index is 11.4. The number of nitrogens with two attached hydrogens (primary N) is 1. The first kappa shape index (κ1) is 13.9. The zero-order chi connectivity index (χ0) is 13.9. The van der Waals surface area contributed by atoms with Gasteiger partial charge in [-0.05, 0) is 12.8 Å². The van der Waals surface area contributed by atoms with Crippen molar-refractivity contribution in [1.29, 1.82) is 0 Å². The van der Waals surface area contributed by atoms with Gasteiger partial charge in [-0.1, -0.05) is 12.8 Å². The number of nitrogens with zero attached hydrogens (tertiary/aromatic N) is 2. The molecule has 1 saturated heterocycles. The fourth-order valence-electron chi connectivity index (χ4n) is 3.13.